The fourth-order valence-electron chi connectivity index (χ4n) is 4.90. The van der Waals surface area contributed by atoms with Gasteiger partial charge in [0.15, 0.2) is 0 Å². The third-order valence-electron chi connectivity index (χ3n) is 6.28. The van der Waals surface area contributed by atoms with Crippen molar-refractivity contribution in [1.29, 1.82) is 0 Å². The molecule has 2 aliphatic rings. The van der Waals surface area contributed by atoms with Crippen LogP contribution in [0, 0.1) is 11.8 Å². The Bertz CT molecular complexity index is 1060. The minimum absolute atomic E-state index is 0.0180. The maximum atomic E-state index is 13.1. The van der Waals surface area contributed by atoms with E-state index in [1.165, 1.54) is 0 Å². The molecule has 2 amide bonds. The average Bonchev–Trinajstić information content (AvgIpc) is 3.46. The monoisotopic (exact) mass is 389 g/mol. The maximum Gasteiger partial charge on any atom is 0.253 e. The van der Waals surface area contributed by atoms with E-state index in [1.54, 1.807) is 6.07 Å². The number of carbonyl (C=O) groups is 2. The lowest BCUT2D eigenvalue weighted by molar-refractivity contribution is -0.132. The highest BCUT2D eigenvalue weighted by Crippen LogP contribution is 2.45. The summed E-state index contributed by atoms with van der Waals surface area (Å²) in [5.74, 6) is 0.759. The normalized spacial score (nSPS) is 23.6. The molecule has 0 radical (unpaired) electrons. The summed E-state index contributed by atoms with van der Waals surface area (Å²) in [6.07, 6.45) is 0.503. The van der Waals surface area contributed by atoms with E-state index in [0.717, 1.165) is 11.1 Å². The lowest BCUT2D eigenvalue weighted by Crippen LogP contribution is -2.37. The summed E-state index contributed by atoms with van der Waals surface area (Å²) < 4.78 is 0. The van der Waals surface area contributed by atoms with Crippen LogP contribution in [0.2, 0.25) is 0 Å². The van der Waals surface area contributed by atoms with Crippen LogP contribution in [-0.2, 0) is 4.79 Å². The predicted molar refractivity (Wildman–Crippen MR) is 108 cm³/mol. The van der Waals surface area contributed by atoms with Crippen molar-refractivity contribution in [2.45, 2.75) is 19.4 Å². The van der Waals surface area contributed by atoms with Gasteiger partial charge in [-0.2, -0.15) is 15.4 Å². The number of nitrogens with zero attached hydrogens (tertiary/aromatic N) is 4. The molecule has 148 valence electrons. The van der Waals surface area contributed by atoms with Gasteiger partial charge in [-0.15, -0.1) is 0 Å². The fraction of sp³-hybridized carbons (Fsp3) is 0.364. The standard InChI is InChI=1S/C22H23N5O2/c1-2-20(28)27-12-16-11-26(13-17(16)21(27)14-6-4-3-5-7-14)22(29)15-8-9-18-19(10-15)24-25-23-18/h3-10,16-17,21H,2,11-13H2,1H3,(H,23,24,25)/t16-,17-,21+/m0/s1. The van der Waals surface area contributed by atoms with Crippen LogP contribution in [-0.4, -0.2) is 56.7 Å². The Morgan fingerprint density at radius 2 is 1.83 bits per heavy atom. The predicted octanol–water partition coefficient (Wildman–Crippen LogP) is 2.64. The molecule has 2 fully saturated rings. The van der Waals surface area contributed by atoms with Crippen molar-refractivity contribution < 1.29 is 9.59 Å². The first kappa shape index (κ1) is 17.8. The number of nitrogens with one attached hydrogen (secondary N) is 1. The third kappa shape index (κ3) is 2.97. The number of fused-ring (bicyclic) bond motifs is 2. The van der Waals surface area contributed by atoms with Crippen molar-refractivity contribution in [3.63, 3.8) is 0 Å². The van der Waals surface area contributed by atoms with Crippen molar-refractivity contribution in [2.24, 2.45) is 11.8 Å². The molecule has 2 saturated heterocycles. The van der Waals surface area contributed by atoms with Gasteiger partial charge in [0.2, 0.25) is 5.91 Å². The minimum atomic E-state index is 0.0180. The van der Waals surface area contributed by atoms with Crippen LogP contribution in [0.25, 0.3) is 11.0 Å². The molecule has 3 heterocycles. The Kier molecular flexibility index (Phi) is 4.30. The zero-order valence-electron chi connectivity index (χ0n) is 16.3. The molecule has 7 nitrogen and oxygen atoms in total. The number of aromatic nitrogens is 3. The summed E-state index contributed by atoms with van der Waals surface area (Å²) in [6, 6.07) is 15.6. The molecule has 2 aliphatic heterocycles. The molecule has 7 heteroatoms. The van der Waals surface area contributed by atoms with Gasteiger partial charge in [0.1, 0.15) is 11.0 Å². The van der Waals surface area contributed by atoms with Crippen LogP contribution >= 0.6 is 0 Å². The van der Waals surface area contributed by atoms with E-state index in [-0.39, 0.29) is 23.8 Å². The second-order valence-corrected chi connectivity index (χ2v) is 7.92. The number of H-pyrrole nitrogens is 1. The van der Waals surface area contributed by atoms with Gasteiger partial charge in [-0.3, -0.25) is 9.59 Å². The Morgan fingerprint density at radius 3 is 2.62 bits per heavy atom. The third-order valence-corrected chi connectivity index (χ3v) is 6.28. The number of likely N-dealkylation sites (tertiary alicyclic amines) is 2. The second kappa shape index (κ2) is 6.99. The highest BCUT2D eigenvalue weighted by molar-refractivity contribution is 5.97. The Balaban J connectivity index is 1.41. The van der Waals surface area contributed by atoms with Gasteiger partial charge in [0.25, 0.3) is 5.91 Å². The van der Waals surface area contributed by atoms with Crippen molar-refractivity contribution in [2.75, 3.05) is 19.6 Å². The van der Waals surface area contributed by atoms with Crippen molar-refractivity contribution >= 4 is 22.8 Å². The number of benzene rings is 2. The SMILES string of the molecule is CCC(=O)N1C[C@@H]2CN(C(=O)c3ccc4n[nH]nc4c3)C[C@@H]2[C@H]1c1ccccc1. The zero-order valence-corrected chi connectivity index (χ0v) is 16.3. The number of aromatic amines is 1. The topological polar surface area (TPSA) is 82.2 Å². The molecule has 1 aromatic heterocycles. The lowest BCUT2D eigenvalue weighted by atomic mass is 9.89. The molecular formula is C22H23N5O2. The van der Waals surface area contributed by atoms with Crippen LogP contribution in [0.5, 0.6) is 0 Å². The number of carbonyl (C=O) groups excluding carboxylic acids is 2. The summed E-state index contributed by atoms with van der Waals surface area (Å²) in [7, 11) is 0. The van der Waals surface area contributed by atoms with E-state index in [0.29, 0.717) is 43.1 Å². The largest absolute Gasteiger partial charge is 0.338 e. The average molecular weight is 389 g/mol. The molecular weight excluding hydrogens is 366 g/mol. The first-order valence-electron chi connectivity index (χ1n) is 10.1. The van der Waals surface area contributed by atoms with Crippen LogP contribution in [0.15, 0.2) is 48.5 Å². The van der Waals surface area contributed by atoms with E-state index < -0.39 is 0 Å². The summed E-state index contributed by atoms with van der Waals surface area (Å²) in [5, 5.41) is 10.7. The van der Waals surface area contributed by atoms with Gasteiger partial charge in [0, 0.05) is 43.5 Å². The zero-order chi connectivity index (χ0) is 20.0. The first-order chi connectivity index (χ1) is 14.2. The summed E-state index contributed by atoms with van der Waals surface area (Å²) in [4.78, 5) is 29.7. The number of rotatable bonds is 3. The smallest absolute Gasteiger partial charge is 0.253 e. The van der Waals surface area contributed by atoms with Gasteiger partial charge in [0.05, 0.1) is 6.04 Å². The molecule has 3 aromatic rings. The van der Waals surface area contributed by atoms with Gasteiger partial charge in [-0.25, -0.2) is 0 Å². The molecule has 29 heavy (non-hydrogen) atoms. The van der Waals surface area contributed by atoms with Gasteiger partial charge in [-0.1, -0.05) is 37.3 Å². The van der Waals surface area contributed by atoms with E-state index in [2.05, 4.69) is 27.5 Å². The minimum Gasteiger partial charge on any atom is -0.338 e. The Labute approximate surface area is 168 Å². The molecule has 5 rings (SSSR count). The molecule has 0 bridgehead atoms. The highest BCUT2D eigenvalue weighted by Gasteiger charge is 2.49. The van der Waals surface area contributed by atoms with Crippen LogP contribution in [0.1, 0.15) is 35.3 Å². The van der Waals surface area contributed by atoms with E-state index >= 15 is 0 Å². The Hall–Kier alpha value is -3.22. The van der Waals surface area contributed by atoms with Crippen LogP contribution < -0.4 is 0 Å². The molecule has 0 unspecified atom stereocenters. The number of hydrogen-bond acceptors (Lipinski definition) is 4. The quantitative estimate of drug-likeness (QED) is 0.747. The fourth-order valence-corrected chi connectivity index (χ4v) is 4.90. The van der Waals surface area contributed by atoms with E-state index in [4.69, 9.17) is 0 Å². The van der Waals surface area contributed by atoms with Crippen LogP contribution in [0.4, 0.5) is 0 Å². The van der Waals surface area contributed by atoms with E-state index in [9.17, 15) is 9.59 Å². The summed E-state index contributed by atoms with van der Waals surface area (Å²) >= 11 is 0. The molecule has 0 saturated carbocycles. The first-order valence-corrected chi connectivity index (χ1v) is 10.1. The number of hydrogen-bond donors (Lipinski definition) is 1. The van der Waals surface area contributed by atoms with E-state index in [1.807, 2.05) is 47.1 Å². The van der Waals surface area contributed by atoms with Gasteiger partial charge >= 0.3 is 0 Å². The molecule has 3 atom stereocenters. The Morgan fingerprint density at radius 1 is 1.03 bits per heavy atom. The summed E-state index contributed by atoms with van der Waals surface area (Å²) in [5.41, 5.74) is 3.22. The van der Waals surface area contributed by atoms with Gasteiger partial charge < -0.3 is 9.80 Å². The highest BCUT2D eigenvalue weighted by atomic mass is 16.2. The van der Waals surface area contributed by atoms with Crippen molar-refractivity contribution in [3.8, 4) is 0 Å². The maximum absolute atomic E-state index is 13.1. The van der Waals surface area contributed by atoms with Crippen LogP contribution in [0.3, 0.4) is 0 Å². The molecule has 1 N–H and O–H groups in total. The number of amides is 2. The van der Waals surface area contributed by atoms with Gasteiger partial charge in [-0.05, 0) is 23.8 Å². The lowest BCUT2D eigenvalue weighted by Gasteiger charge is -2.30. The molecule has 2 aromatic carbocycles. The molecule has 0 aliphatic carbocycles. The summed E-state index contributed by atoms with van der Waals surface area (Å²) in [6.45, 7) is 3.96. The second-order valence-electron chi connectivity index (χ2n) is 7.92. The van der Waals surface area contributed by atoms with Crippen molar-refractivity contribution in [3.05, 3.63) is 59.7 Å². The molecule has 0 spiro atoms. The van der Waals surface area contributed by atoms with Crippen molar-refractivity contribution in [1.82, 2.24) is 25.2 Å².